The molecule has 8 nitrogen and oxygen atoms in total. The molecule has 150 valence electrons. The van der Waals surface area contributed by atoms with Gasteiger partial charge < -0.3 is 24.4 Å². The summed E-state index contributed by atoms with van der Waals surface area (Å²) in [5.74, 6) is 2.05. The monoisotopic (exact) mass is 386 g/mol. The second kappa shape index (κ2) is 9.25. The first-order valence-electron chi connectivity index (χ1n) is 9.30. The first-order valence-corrected chi connectivity index (χ1v) is 9.30. The van der Waals surface area contributed by atoms with E-state index in [1.807, 2.05) is 25.1 Å². The van der Waals surface area contributed by atoms with Gasteiger partial charge in [0.1, 0.15) is 0 Å². The molecule has 0 atom stereocenters. The molecular formula is C20H26N4O4. The molecule has 8 heteroatoms. The molecule has 1 aliphatic rings. The van der Waals surface area contributed by atoms with Crippen LogP contribution in [0.5, 0.6) is 17.4 Å². The molecule has 1 fully saturated rings. The van der Waals surface area contributed by atoms with Crippen molar-refractivity contribution in [2.75, 3.05) is 38.8 Å². The largest absolute Gasteiger partial charge is 0.493 e. The Morgan fingerprint density at radius 1 is 1.18 bits per heavy atom. The highest BCUT2D eigenvalue weighted by Gasteiger charge is 2.17. The van der Waals surface area contributed by atoms with Gasteiger partial charge in [0.15, 0.2) is 18.1 Å². The standard InChI is InChI=1S/C20H26N4O4/c1-14-11-18(23-20(22-14)24-9-4-5-10-24)28-13-17(25)21-12-15-7-6-8-16(26-2)19(15)27-3/h6-8,11H,4-5,9-10,12-13H2,1-3H3,(H,21,25). The number of hydrogen-bond donors (Lipinski definition) is 1. The van der Waals surface area contributed by atoms with Crippen molar-refractivity contribution in [3.8, 4) is 17.4 Å². The van der Waals surface area contributed by atoms with Gasteiger partial charge in [0.05, 0.1) is 14.2 Å². The molecule has 0 saturated carbocycles. The lowest BCUT2D eigenvalue weighted by Crippen LogP contribution is -2.29. The van der Waals surface area contributed by atoms with Gasteiger partial charge in [-0.3, -0.25) is 4.79 Å². The van der Waals surface area contributed by atoms with E-state index in [1.165, 1.54) is 0 Å². The number of anilines is 1. The lowest BCUT2D eigenvalue weighted by molar-refractivity contribution is -0.123. The van der Waals surface area contributed by atoms with Crippen molar-refractivity contribution in [1.82, 2.24) is 15.3 Å². The van der Waals surface area contributed by atoms with Crippen LogP contribution in [0.4, 0.5) is 5.95 Å². The maximum atomic E-state index is 12.2. The molecule has 0 aliphatic carbocycles. The van der Waals surface area contributed by atoms with Gasteiger partial charge in [-0.1, -0.05) is 12.1 Å². The fourth-order valence-electron chi connectivity index (χ4n) is 3.13. The number of aryl methyl sites for hydroxylation is 1. The number of para-hydroxylation sites is 1. The van der Waals surface area contributed by atoms with Gasteiger partial charge in [-0.2, -0.15) is 4.98 Å². The van der Waals surface area contributed by atoms with E-state index in [2.05, 4.69) is 20.2 Å². The highest BCUT2D eigenvalue weighted by Crippen LogP contribution is 2.30. The average molecular weight is 386 g/mol. The number of aromatic nitrogens is 2. The zero-order chi connectivity index (χ0) is 19.9. The minimum absolute atomic E-state index is 0.123. The van der Waals surface area contributed by atoms with E-state index in [0.717, 1.165) is 37.2 Å². The van der Waals surface area contributed by atoms with Crippen molar-refractivity contribution < 1.29 is 19.0 Å². The molecule has 28 heavy (non-hydrogen) atoms. The predicted molar refractivity (Wildman–Crippen MR) is 105 cm³/mol. The zero-order valence-electron chi connectivity index (χ0n) is 16.5. The van der Waals surface area contributed by atoms with Crippen LogP contribution < -0.4 is 24.4 Å². The van der Waals surface area contributed by atoms with Crippen LogP contribution >= 0.6 is 0 Å². The van der Waals surface area contributed by atoms with Crippen molar-refractivity contribution in [3.05, 3.63) is 35.5 Å². The van der Waals surface area contributed by atoms with Gasteiger partial charge in [0.25, 0.3) is 5.91 Å². The highest BCUT2D eigenvalue weighted by atomic mass is 16.5. The van der Waals surface area contributed by atoms with Crippen LogP contribution in [0.1, 0.15) is 24.1 Å². The zero-order valence-corrected chi connectivity index (χ0v) is 16.5. The average Bonchev–Trinajstić information content (AvgIpc) is 3.24. The quantitative estimate of drug-likeness (QED) is 0.743. The Morgan fingerprint density at radius 3 is 2.68 bits per heavy atom. The summed E-state index contributed by atoms with van der Waals surface area (Å²) in [5, 5.41) is 2.83. The highest BCUT2D eigenvalue weighted by molar-refractivity contribution is 5.77. The number of amides is 1. The van der Waals surface area contributed by atoms with E-state index in [9.17, 15) is 4.79 Å². The topological polar surface area (TPSA) is 85.8 Å². The van der Waals surface area contributed by atoms with E-state index in [0.29, 0.717) is 29.9 Å². The number of ether oxygens (including phenoxy) is 3. The van der Waals surface area contributed by atoms with Gasteiger partial charge in [-0.05, 0) is 25.8 Å². The maximum Gasteiger partial charge on any atom is 0.258 e. The number of rotatable bonds is 8. The molecule has 0 spiro atoms. The fourth-order valence-corrected chi connectivity index (χ4v) is 3.13. The van der Waals surface area contributed by atoms with Crippen LogP contribution in [0.25, 0.3) is 0 Å². The summed E-state index contributed by atoms with van der Waals surface area (Å²) >= 11 is 0. The SMILES string of the molecule is COc1cccc(CNC(=O)COc2cc(C)nc(N3CCCC3)n2)c1OC. The summed E-state index contributed by atoms with van der Waals surface area (Å²) in [4.78, 5) is 23.2. The first kappa shape index (κ1) is 19.7. The Balaban J connectivity index is 1.56. The summed E-state index contributed by atoms with van der Waals surface area (Å²) in [7, 11) is 3.15. The number of carbonyl (C=O) groups excluding carboxylic acids is 1. The van der Waals surface area contributed by atoms with Crippen LogP contribution in [0.3, 0.4) is 0 Å². The Kier molecular flexibility index (Phi) is 6.52. The molecule has 0 bridgehead atoms. The normalized spacial score (nSPS) is 13.3. The van der Waals surface area contributed by atoms with Crippen LogP contribution in [0, 0.1) is 6.92 Å². The van der Waals surface area contributed by atoms with E-state index in [4.69, 9.17) is 14.2 Å². The Morgan fingerprint density at radius 2 is 1.96 bits per heavy atom. The second-order valence-electron chi connectivity index (χ2n) is 6.56. The molecule has 1 aromatic carbocycles. The summed E-state index contributed by atoms with van der Waals surface area (Å²) in [6.45, 7) is 3.98. The lowest BCUT2D eigenvalue weighted by Gasteiger charge is -2.16. The minimum Gasteiger partial charge on any atom is -0.493 e. The molecule has 0 unspecified atom stereocenters. The number of methoxy groups -OCH3 is 2. The Bertz CT molecular complexity index is 822. The Hall–Kier alpha value is -3.03. The van der Waals surface area contributed by atoms with Gasteiger partial charge in [-0.15, -0.1) is 0 Å². The molecular weight excluding hydrogens is 360 g/mol. The number of benzene rings is 1. The van der Waals surface area contributed by atoms with Gasteiger partial charge in [0, 0.05) is 37.0 Å². The summed E-state index contributed by atoms with van der Waals surface area (Å²) in [6.07, 6.45) is 2.28. The molecule has 1 amide bonds. The summed E-state index contributed by atoms with van der Waals surface area (Å²) in [5.41, 5.74) is 1.64. The van der Waals surface area contributed by atoms with Crippen molar-refractivity contribution in [3.63, 3.8) is 0 Å². The first-order chi connectivity index (χ1) is 13.6. The maximum absolute atomic E-state index is 12.2. The molecule has 2 aromatic rings. The third-order valence-electron chi connectivity index (χ3n) is 4.52. The van der Waals surface area contributed by atoms with Gasteiger partial charge in [0.2, 0.25) is 11.8 Å². The minimum atomic E-state index is -0.246. The van der Waals surface area contributed by atoms with Crippen LogP contribution in [0.15, 0.2) is 24.3 Å². The Labute approximate surface area is 164 Å². The number of nitrogens with one attached hydrogen (secondary N) is 1. The van der Waals surface area contributed by atoms with Crippen LogP contribution in [-0.4, -0.2) is 49.8 Å². The van der Waals surface area contributed by atoms with Crippen molar-refractivity contribution in [1.29, 1.82) is 0 Å². The third kappa shape index (κ3) is 4.82. The molecule has 1 N–H and O–H groups in total. The molecule has 2 heterocycles. The lowest BCUT2D eigenvalue weighted by atomic mass is 10.2. The molecule has 1 aromatic heterocycles. The van der Waals surface area contributed by atoms with E-state index >= 15 is 0 Å². The van der Waals surface area contributed by atoms with Crippen molar-refractivity contribution in [2.45, 2.75) is 26.3 Å². The van der Waals surface area contributed by atoms with Gasteiger partial charge >= 0.3 is 0 Å². The van der Waals surface area contributed by atoms with Crippen LogP contribution in [-0.2, 0) is 11.3 Å². The van der Waals surface area contributed by atoms with Crippen LogP contribution in [0.2, 0.25) is 0 Å². The van der Waals surface area contributed by atoms with E-state index in [-0.39, 0.29) is 12.5 Å². The number of hydrogen-bond acceptors (Lipinski definition) is 7. The summed E-state index contributed by atoms with van der Waals surface area (Å²) in [6, 6.07) is 7.27. The van der Waals surface area contributed by atoms with E-state index < -0.39 is 0 Å². The van der Waals surface area contributed by atoms with Crippen molar-refractivity contribution in [2.24, 2.45) is 0 Å². The van der Waals surface area contributed by atoms with E-state index in [1.54, 1.807) is 20.3 Å². The smallest absolute Gasteiger partial charge is 0.258 e. The molecule has 3 rings (SSSR count). The number of carbonyl (C=O) groups is 1. The third-order valence-corrected chi connectivity index (χ3v) is 4.52. The second-order valence-corrected chi connectivity index (χ2v) is 6.56. The number of nitrogens with zero attached hydrogens (tertiary/aromatic N) is 3. The molecule has 1 saturated heterocycles. The van der Waals surface area contributed by atoms with Crippen molar-refractivity contribution >= 4 is 11.9 Å². The fraction of sp³-hybridized carbons (Fsp3) is 0.450. The molecule has 1 aliphatic heterocycles. The van der Waals surface area contributed by atoms with Gasteiger partial charge in [-0.25, -0.2) is 4.98 Å². The predicted octanol–water partition coefficient (Wildman–Crippen LogP) is 2.10. The molecule has 0 radical (unpaired) electrons. The summed E-state index contributed by atoms with van der Waals surface area (Å²) < 4.78 is 16.2.